The number of aldehydes is 1. The Morgan fingerprint density at radius 3 is 2.38 bits per heavy atom. The molecule has 2 aliphatic heterocycles. The molecule has 3 aromatic rings. The first-order valence-electron chi connectivity index (χ1n) is 11.1. The highest BCUT2D eigenvalue weighted by atomic mass is 16.3. The molecule has 172 valence electrons. The van der Waals surface area contributed by atoms with E-state index >= 15 is 0 Å². The van der Waals surface area contributed by atoms with Crippen molar-refractivity contribution in [3.8, 4) is 11.3 Å². The van der Waals surface area contributed by atoms with Crippen molar-refractivity contribution in [1.29, 1.82) is 0 Å². The third-order valence-electron chi connectivity index (χ3n) is 6.17. The topological polar surface area (TPSA) is 94.9 Å². The summed E-state index contributed by atoms with van der Waals surface area (Å²) in [4.78, 5) is 40.6. The molecule has 1 aromatic heterocycles. The largest absolute Gasteiger partial charge is 0.453 e. The van der Waals surface area contributed by atoms with Crippen LogP contribution < -0.4 is 15.5 Å². The standard InChI is InChI=1S/C26H24N4O4/c1-29-10-12-30(13-11-29)19-5-3-18(4-6-19)27-15-23-22-14-17(24-9-7-20(16-31)34-24)2-8-21(22)25(32)28-26(23)33/h2-9,14-16,27H,10-13H2,1H3,(H,28,32,33)/b23-15-. The van der Waals surface area contributed by atoms with Gasteiger partial charge in [0, 0.05) is 60.4 Å². The maximum absolute atomic E-state index is 12.7. The van der Waals surface area contributed by atoms with Gasteiger partial charge >= 0.3 is 0 Å². The number of fused-ring (bicyclic) bond motifs is 1. The molecule has 2 aliphatic rings. The Hall–Kier alpha value is -4.17. The first-order chi connectivity index (χ1) is 16.5. The van der Waals surface area contributed by atoms with Gasteiger partial charge < -0.3 is 19.5 Å². The highest BCUT2D eigenvalue weighted by Crippen LogP contribution is 2.31. The summed E-state index contributed by atoms with van der Waals surface area (Å²) < 4.78 is 5.50. The molecule has 2 amide bonds. The fraction of sp³-hybridized carbons (Fsp3) is 0.192. The van der Waals surface area contributed by atoms with Crippen LogP contribution in [0, 0.1) is 0 Å². The molecule has 2 aromatic carbocycles. The molecule has 0 aliphatic carbocycles. The lowest BCUT2D eigenvalue weighted by molar-refractivity contribution is -0.114. The van der Waals surface area contributed by atoms with Crippen molar-refractivity contribution in [1.82, 2.24) is 10.2 Å². The molecule has 0 radical (unpaired) electrons. The summed E-state index contributed by atoms with van der Waals surface area (Å²) in [5, 5.41) is 5.56. The van der Waals surface area contributed by atoms with Gasteiger partial charge in [0.2, 0.25) is 0 Å². The molecular weight excluding hydrogens is 432 g/mol. The maximum Gasteiger partial charge on any atom is 0.260 e. The second-order valence-corrected chi connectivity index (χ2v) is 8.40. The van der Waals surface area contributed by atoms with Gasteiger partial charge in [-0.3, -0.25) is 19.7 Å². The lowest BCUT2D eigenvalue weighted by Gasteiger charge is -2.34. The Bertz CT molecular complexity index is 1280. The summed E-state index contributed by atoms with van der Waals surface area (Å²) >= 11 is 0. The van der Waals surface area contributed by atoms with Gasteiger partial charge in [-0.1, -0.05) is 6.07 Å². The number of rotatable bonds is 5. The number of hydrogen-bond acceptors (Lipinski definition) is 7. The number of anilines is 2. The van der Waals surface area contributed by atoms with Gasteiger partial charge in [0.15, 0.2) is 12.0 Å². The molecule has 8 heteroatoms. The van der Waals surface area contributed by atoms with Crippen molar-refractivity contribution in [3.05, 3.63) is 77.7 Å². The Kier molecular flexibility index (Phi) is 5.73. The summed E-state index contributed by atoms with van der Waals surface area (Å²) in [7, 11) is 2.13. The maximum atomic E-state index is 12.7. The van der Waals surface area contributed by atoms with Crippen molar-refractivity contribution in [2.75, 3.05) is 43.4 Å². The second-order valence-electron chi connectivity index (χ2n) is 8.40. The highest BCUT2D eigenvalue weighted by Gasteiger charge is 2.28. The van der Waals surface area contributed by atoms with Gasteiger partial charge in [0.1, 0.15) is 5.76 Å². The lowest BCUT2D eigenvalue weighted by atomic mass is 9.93. The monoisotopic (exact) mass is 456 g/mol. The van der Waals surface area contributed by atoms with Crippen molar-refractivity contribution in [3.63, 3.8) is 0 Å². The van der Waals surface area contributed by atoms with Crippen LogP contribution in [-0.4, -0.2) is 56.2 Å². The number of nitrogens with one attached hydrogen (secondary N) is 2. The van der Waals surface area contributed by atoms with E-state index in [0.29, 0.717) is 34.3 Å². The molecule has 2 N–H and O–H groups in total. The molecule has 5 rings (SSSR count). The minimum atomic E-state index is -0.482. The zero-order valence-corrected chi connectivity index (χ0v) is 18.7. The number of hydrogen-bond donors (Lipinski definition) is 2. The predicted molar refractivity (Wildman–Crippen MR) is 130 cm³/mol. The van der Waals surface area contributed by atoms with Gasteiger partial charge in [-0.2, -0.15) is 0 Å². The molecule has 0 bridgehead atoms. The minimum Gasteiger partial charge on any atom is -0.453 e. The summed E-state index contributed by atoms with van der Waals surface area (Å²) in [5.74, 6) is -0.244. The van der Waals surface area contributed by atoms with Crippen molar-refractivity contribution in [2.45, 2.75) is 0 Å². The van der Waals surface area contributed by atoms with E-state index in [1.807, 2.05) is 12.1 Å². The fourth-order valence-electron chi connectivity index (χ4n) is 4.18. The van der Waals surface area contributed by atoms with Gasteiger partial charge in [-0.05, 0) is 55.6 Å². The number of likely N-dealkylation sites (N-methyl/N-ethyl adjacent to an activating group) is 1. The molecule has 1 saturated heterocycles. The third kappa shape index (κ3) is 4.23. The minimum absolute atomic E-state index is 0.207. The van der Waals surface area contributed by atoms with Gasteiger partial charge in [0.25, 0.3) is 11.8 Å². The van der Waals surface area contributed by atoms with E-state index in [1.54, 1.807) is 36.5 Å². The van der Waals surface area contributed by atoms with Gasteiger partial charge in [-0.25, -0.2) is 0 Å². The summed E-state index contributed by atoms with van der Waals surface area (Å²) in [6, 6.07) is 16.4. The number of piperazine rings is 1. The van der Waals surface area contributed by atoms with E-state index in [9.17, 15) is 14.4 Å². The van der Waals surface area contributed by atoms with Crippen LogP contribution in [0.3, 0.4) is 0 Å². The molecule has 0 spiro atoms. The first kappa shape index (κ1) is 21.7. The molecule has 8 nitrogen and oxygen atoms in total. The number of imide groups is 1. The van der Waals surface area contributed by atoms with Gasteiger partial charge in [-0.15, -0.1) is 0 Å². The number of benzene rings is 2. The summed E-state index contributed by atoms with van der Waals surface area (Å²) in [6.45, 7) is 4.06. The summed E-state index contributed by atoms with van der Waals surface area (Å²) in [6.07, 6.45) is 2.23. The molecule has 1 fully saturated rings. The Balaban J connectivity index is 1.40. The fourth-order valence-corrected chi connectivity index (χ4v) is 4.18. The second kappa shape index (κ2) is 8.99. The number of carbonyl (C=O) groups excluding carboxylic acids is 3. The van der Waals surface area contributed by atoms with E-state index < -0.39 is 11.8 Å². The van der Waals surface area contributed by atoms with Gasteiger partial charge in [0.05, 0.1) is 5.57 Å². The normalized spacial score (nSPS) is 17.4. The predicted octanol–water partition coefficient (Wildman–Crippen LogP) is 3.23. The molecule has 0 atom stereocenters. The number of carbonyl (C=O) groups is 3. The first-order valence-corrected chi connectivity index (χ1v) is 11.1. The quantitative estimate of drug-likeness (QED) is 0.346. The van der Waals surface area contributed by atoms with Crippen LogP contribution in [0.2, 0.25) is 0 Å². The lowest BCUT2D eigenvalue weighted by Crippen LogP contribution is -2.44. The Labute approximate surface area is 196 Å². The van der Waals surface area contributed by atoms with Crippen LogP contribution in [0.4, 0.5) is 11.4 Å². The van der Waals surface area contributed by atoms with Crippen LogP contribution in [0.5, 0.6) is 0 Å². The molecule has 0 unspecified atom stereocenters. The van der Waals surface area contributed by atoms with Crippen LogP contribution in [0.15, 0.2) is 65.2 Å². The van der Waals surface area contributed by atoms with Crippen LogP contribution in [0.25, 0.3) is 16.9 Å². The zero-order chi connectivity index (χ0) is 23.7. The number of amides is 2. The van der Waals surface area contributed by atoms with Crippen LogP contribution in [0.1, 0.15) is 26.5 Å². The van der Waals surface area contributed by atoms with Crippen molar-refractivity contribution < 1.29 is 18.8 Å². The summed E-state index contributed by atoms with van der Waals surface area (Å²) in [5.41, 5.74) is 3.88. The van der Waals surface area contributed by atoms with Crippen LogP contribution >= 0.6 is 0 Å². The van der Waals surface area contributed by atoms with Crippen molar-refractivity contribution >= 4 is 35.0 Å². The number of nitrogens with zero attached hydrogens (tertiary/aromatic N) is 2. The van der Waals surface area contributed by atoms with Crippen molar-refractivity contribution in [2.24, 2.45) is 0 Å². The van der Waals surface area contributed by atoms with E-state index in [2.05, 4.69) is 39.6 Å². The molecule has 0 saturated carbocycles. The van der Waals surface area contributed by atoms with E-state index in [0.717, 1.165) is 37.6 Å². The van der Waals surface area contributed by atoms with E-state index in [-0.39, 0.29) is 5.76 Å². The SMILES string of the molecule is CN1CCN(c2ccc(N/C=C3\C(=O)NC(=O)c4ccc(-c5ccc(C=O)o5)cc43)cc2)CC1. The number of furan rings is 1. The Morgan fingerprint density at radius 2 is 1.68 bits per heavy atom. The molecule has 34 heavy (non-hydrogen) atoms. The highest BCUT2D eigenvalue weighted by molar-refractivity contribution is 6.31. The average Bonchev–Trinajstić information content (AvgIpc) is 3.34. The average molecular weight is 457 g/mol. The smallest absolute Gasteiger partial charge is 0.260 e. The van der Waals surface area contributed by atoms with E-state index in [1.165, 1.54) is 0 Å². The van der Waals surface area contributed by atoms with Crippen LogP contribution in [-0.2, 0) is 4.79 Å². The third-order valence-corrected chi connectivity index (χ3v) is 6.17. The molecule has 3 heterocycles. The molecular formula is C26H24N4O4. The zero-order valence-electron chi connectivity index (χ0n) is 18.7. The Morgan fingerprint density at radius 1 is 0.912 bits per heavy atom. The van der Waals surface area contributed by atoms with E-state index in [4.69, 9.17) is 4.42 Å².